The van der Waals surface area contributed by atoms with Gasteiger partial charge in [-0.05, 0) is 24.6 Å². The number of anilines is 1. The van der Waals surface area contributed by atoms with Crippen molar-refractivity contribution < 1.29 is 18.0 Å². The van der Waals surface area contributed by atoms with E-state index in [1.807, 2.05) is 0 Å². The van der Waals surface area contributed by atoms with Crippen molar-refractivity contribution in [1.82, 2.24) is 0 Å². The van der Waals surface area contributed by atoms with Gasteiger partial charge >= 0.3 is 6.18 Å². The van der Waals surface area contributed by atoms with Crippen LogP contribution in [0, 0.1) is 11.3 Å². The van der Waals surface area contributed by atoms with Crippen LogP contribution in [0.3, 0.4) is 0 Å². The fourth-order valence-corrected chi connectivity index (χ4v) is 1.50. The van der Waals surface area contributed by atoms with E-state index < -0.39 is 17.6 Å². The quantitative estimate of drug-likeness (QED) is 0.862. The summed E-state index contributed by atoms with van der Waals surface area (Å²) in [7, 11) is 0. The maximum absolute atomic E-state index is 12.5. The fraction of sp³-hybridized carbons (Fsp3) is 0.333. The predicted octanol–water partition coefficient (Wildman–Crippen LogP) is 3.53. The molecule has 1 rings (SSSR count). The molecule has 0 aliphatic rings. The lowest BCUT2D eigenvalue weighted by Gasteiger charge is -2.10. The second-order valence-corrected chi connectivity index (χ2v) is 4.09. The van der Waals surface area contributed by atoms with Crippen LogP contribution in [0.2, 0.25) is 0 Å². The second kappa shape index (κ2) is 6.43. The Balaban J connectivity index is 2.92. The van der Waals surface area contributed by atoms with Gasteiger partial charge in [0, 0.05) is 12.3 Å². The molecular formula is C12H10ClF3N2O. The number of nitrogens with zero attached hydrogens (tertiary/aromatic N) is 1. The van der Waals surface area contributed by atoms with Crippen molar-refractivity contribution in [1.29, 1.82) is 5.26 Å². The predicted molar refractivity (Wildman–Crippen MR) is 64.7 cm³/mol. The number of hydrogen-bond acceptors (Lipinski definition) is 2. The number of rotatable bonds is 4. The van der Waals surface area contributed by atoms with E-state index in [0.717, 1.165) is 12.1 Å². The van der Waals surface area contributed by atoms with Crippen molar-refractivity contribution in [3.63, 3.8) is 0 Å². The molecule has 0 heterocycles. The molecule has 0 bridgehead atoms. The summed E-state index contributed by atoms with van der Waals surface area (Å²) < 4.78 is 37.4. The number of nitrogens with one attached hydrogen (secondary N) is 1. The first-order valence-corrected chi connectivity index (χ1v) is 5.89. The normalized spacial score (nSPS) is 10.9. The van der Waals surface area contributed by atoms with Crippen molar-refractivity contribution in [3.8, 4) is 6.07 Å². The van der Waals surface area contributed by atoms with E-state index in [1.54, 1.807) is 6.07 Å². The molecule has 0 aromatic heterocycles. The fourth-order valence-electron chi connectivity index (χ4n) is 1.36. The Morgan fingerprint density at radius 2 is 2.11 bits per heavy atom. The summed E-state index contributed by atoms with van der Waals surface area (Å²) in [6.45, 7) is 0. The minimum atomic E-state index is -4.52. The molecule has 0 fully saturated rings. The van der Waals surface area contributed by atoms with Crippen molar-refractivity contribution in [2.24, 2.45) is 0 Å². The smallest absolute Gasteiger partial charge is 0.325 e. The van der Waals surface area contributed by atoms with Gasteiger partial charge in [-0.15, -0.1) is 11.6 Å². The van der Waals surface area contributed by atoms with E-state index in [4.69, 9.17) is 16.9 Å². The molecule has 7 heteroatoms. The van der Waals surface area contributed by atoms with E-state index >= 15 is 0 Å². The highest BCUT2D eigenvalue weighted by Crippen LogP contribution is 2.31. The van der Waals surface area contributed by atoms with E-state index in [9.17, 15) is 18.0 Å². The largest absolute Gasteiger partial charge is 0.416 e. The van der Waals surface area contributed by atoms with Crippen LogP contribution >= 0.6 is 11.6 Å². The molecule has 0 spiro atoms. The summed E-state index contributed by atoms with van der Waals surface area (Å²) in [5, 5.41) is 11.2. The highest BCUT2D eigenvalue weighted by molar-refractivity contribution is 6.18. The Morgan fingerprint density at radius 1 is 1.42 bits per heavy atom. The van der Waals surface area contributed by atoms with E-state index in [1.165, 1.54) is 0 Å². The van der Waals surface area contributed by atoms with Gasteiger partial charge in [-0.2, -0.15) is 18.4 Å². The van der Waals surface area contributed by atoms with Gasteiger partial charge in [0.2, 0.25) is 5.91 Å². The van der Waals surface area contributed by atoms with E-state index in [0.29, 0.717) is 18.4 Å². The van der Waals surface area contributed by atoms with E-state index in [2.05, 4.69) is 5.32 Å². The average molecular weight is 291 g/mol. The summed E-state index contributed by atoms with van der Waals surface area (Å²) >= 11 is 5.42. The van der Waals surface area contributed by atoms with Gasteiger partial charge in [-0.3, -0.25) is 4.79 Å². The first-order valence-electron chi connectivity index (χ1n) is 5.35. The molecule has 1 aromatic carbocycles. The number of hydrogen-bond donors (Lipinski definition) is 1. The van der Waals surface area contributed by atoms with Crippen molar-refractivity contribution in [3.05, 3.63) is 29.3 Å². The molecule has 102 valence electrons. The van der Waals surface area contributed by atoms with Crippen LogP contribution in [0.5, 0.6) is 0 Å². The maximum Gasteiger partial charge on any atom is 0.416 e. The van der Waals surface area contributed by atoms with Crippen LogP contribution in [0.25, 0.3) is 0 Å². The highest BCUT2D eigenvalue weighted by atomic mass is 35.5. The van der Waals surface area contributed by atoms with Crippen LogP contribution < -0.4 is 5.32 Å². The number of carbonyl (C=O) groups excluding carboxylic acids is 1. The molecule has 0 unspecified atom stereocenters. The number of amides is 1. The Labute approximate surface area is 113 Å². The SMILES string of the molecule is N#Cc1cc(C(F)(F)F)ccc1NC(=O)CCCCl. The van der Waals surface area contributed by atoms with Crippen molar-refractivity contribution >= 4 is 23.2 Å². The summed E-state index contributed by atoms with van der Waals surface area (Å²) in [5.41, 5.74) is -1.09. The Kier molecular flexibility index (Phi) is 5.19. The van der Waals surface area contributed by atoms with Gasteiger partial charge in [0.1, 0.15) is 6.07 Å². The van der Waals surface area contributed by atoms with Gasteiger partial charge in [0.15, 0.2) is 0 Å². The summed E-state index contributed by atoms with van der Waals surface area (Å²) in [4.78, 5) is 11.4. The number of carbonyl (C=O) groups is 1. The summed E-state index contributed by atoms with van der Waals surface area (Å²) in [6, 6.07) is 4.22. The third-order valence-electron chi connectivity index (χ3n) is 2.28. The Hall–Kier alpha value is -1.74. The molecule has 0 aliphatic carbocycles. The second-order valence-electron chi connectivity index (χ2n) is 3.71. The molecule has 0 saturated carbocycles. The van der Waals surface area contributed by atoms with Gasteiger partial charge in [0.05, 0.1) is 16.8 Å². The number of alkyl halides is 4. The molecule has 0 aliphatic heterocycles. The molecule has 1 aromatic rings. The lowest BCUT2D eigenvalue weighted by Crippen LogP contribution is -2.13. The van der Waals surface area contributed by atoms with Gasteiger partial charge in [0.25, 0.3) is 0 Å². The standard InChI is InChI=1S/C12H10ClF3N2O/c13-5-1-2-11(19)18-10-4-3-9(12(14,15)16)6-8(10)7-17/h3-4,6H,1-2,5H2,(H,18,19). The minimum Gasteiger partial charge on any atom is -0.325 e. The molecule has 0 atom stereocenters. The minimum absolute atomic E-state index is 0.0649. The number of benzene rings is 1. The highest BCUT2D eigenvalue weighted by Gasteiger charge is 2.31. The molecule has 3 nitrogen and oxygen atoms in total. The van der Waals surface area contributed by atoms with Crippen LogP contribution in [-0.4, -0.2) is 11.8 Å². The first kappa shape index (κ1) is 15.3. The average Bonchev–Trinajstić information content (AvgIpc) is 2.35. The monoisotopic (exact) mass is 290 g/mol. The third-order valence-corrected chi connectivity index (χ3v) is 2.55. The number of nitriles is 1. The van der Waals surface area contributed by atoms with Gasteiger partial charge < -0.3 is 5.32 Å². The lowest BCUT2D eigenvalue weighted by molar-refractivity contribution is -0.137. The Bertz CT molecular complexity index is 509. The summed E-state index contributed by atoms with van der Waals surface area (Å²) in [5.74, 6) is -0.0807. The zero-order valence-corrected chi connectivity index (χ0v) is 10.5. The van der Waals surface area contributed by atoms with Crippen LogP contribution in [0.4, 0.5) is 18.9 Å². The topological polar surface area (TPSA) is 52.9 Å². The zero-order chi connectivity index (χ0) is 14.5. The third kappa shape index (κ3) is 4.45. The molecule has 1 amide bonds. The first-order chi connectivity index (χ1) is 8.88. The van der Waals surface area contributed by atoms with Crippen molar-refractivity contribution in [2.45, 2.75) is 19.0 Å². The lowest BCUT2D eigenvalue weighted by atomic mass is 10.1. The van der Waals surface area contributed by atoms with Crippen LogP contribution in [0.15, 0.2) is 18.2 Å². The van der Waals surface area contributed by atoms with Gasteiger partial charge in [-0.25, -0.2) is 0 Å². The van der Waals surface area contributed by atoms with E-state index in [-0.39, 0.29) is 17.7 Å². The molecule has 0 saturated heterocycles. The van der Waals surface area contributed by atoms with Gasteiger partial charge in [-0.1, -0.05) is 0 Å². The van der Waals surface area contributed by atoms with Crippen LogP contribution in [-0.2, 0) is 11.0 Å². The summed E-state index contributed by atoms with van der Waals surface area (Å²) in [6.07, 6.45) is -3.92. The molecule has 0 radical (unpaired) electrons. The van der Waals surface area contributed by atoms with Crippen molar-refractivity contribution in [2.75, 3.05) is 11.2 Å². The van der Waals surface area contributed by atoms with Crippen LogP contribution in [0.1, 0.15) is 24.0 Å². The molecule has 1 N–H and O–H groups in total. The number of halogens is 4. The Morgan fingerprint density at radius 3 is 2.63 bits per heavy atom. The maximum atomic E-state index is 12.5. The molecular weight excluding hydrogens is 281 g/mol. The zero-order valence-electron chi connectivity index (χ0n) is 9.72. The molecule has 19 heavy (non-hydrogen) atoms.